The molecular formula is C8H17N5O4P+. The molecule has 0 aromatic carbocycles. The lowest BCUT2D eigenvalue weighted by atomic mass is 10.4. The molecule has 10 heteroatoms. The van der Waals surface area contributed by atoms with Gasteiger partial charge in [0.25, 0.3) is 0 Å². The average Bonchev–Trinajstić information content (AvgIpc) is 2.27. The van der Waals surface area contributed by atoms with Crippen molar-refractivity contribution in [1.29, 1.82) is 0 Å². The summed E-state index contributed by atoms with van der Waals surface area (Å²) in [4.78, 5) is 33.9. The topological polar surface area (TPSA) is 160 Å². The third kappa shape index (κ3) is 4.94. The Labute approximate surface area is 104 Å². The van der Waals surface area contributed by atoms with Gasteiger partial charge in [0, 0.05) is 6.54 Å². The van der Waals surface area contributed by atoms with Crippen LogP contribution in [0.3, 0.4) is 0 Å². The Hall–Kier alpha value is -1.25. The van der Waals surface area contributed by atoms with E-state index in [1.165, 1.54) is 6.33 Å². The van der Waals surface area contributed by atoms with Gasteiger partial charge < -0.3 is 21.5 Å². The van der Waals surface area contributed by atoms with Gasteiger partial charge in [-0.3, -0.25) is 0 Å². The highest BCUT2D eigenvalue weighted by molar-refractivity contribution is 7.58. The Kier molecular flexibility index (Phi) is 5.00. The number of hydrogen-bond donors (Lipinski definition) is 6. The second-order valence-corrected chi connectivity index (χ2v) is 5.34. The summed E-state index contributed by atoms with van der Waals surface area (Å²) in [6.07, 6.45) is 0.370. The molecule has 1 heterocycles. The van der Waals surface area contributed by atoms with Crippen molar-refractivity contribution >= 4 is 25.3 Å². The maximum atomic E-state index is 8.75. The second-order valence-electron chi connectivity index (χ2n) is 3.70. The molecule has 9 nitrogen and oxygen atoms in total. The molecule has 0 saturated heterocycles. The zero-order chi connectivity index (χ0) is 13.8. The Bertz CT molecular complexity index is 400. The lowest BCUT2D eigenvalue weighted by Gasteiger charge is -2.15. The Balaban J connectivity index is 2.43. The predicted octanol–water partition coefficient (Wildman–Crippen LogP) is -0.845. The highest BCUT2D eigenvalue weighted by atomic mass is 31.2. The first-order valence-corrected chi connectivity index (χ1v) is 6.90. The van der Waals surface area contributed by atoms with Gasteiger partial charge >= 0.3 is 7.94 Å². The van der Waals surface area contributed by atoms with Gasteiger partial charge in [-0.2, -0.15) is 14.7 Å². The van der Waals surface area contributed by atoms with Gasteiger partial charge in [0.1, 0.15) is 12.0 Å². The zero-order valence-corrected chi connectivity index (χ0v) is 10.7. The van der Waals surface area contributed by atoms with Crippen molar-refractivity contribution in [1.82, 2.24) is 9.97 Å². The fourth-order valence-electron chi connectivity index (χ4n) is 1.08. The fourth-order valence-corrected chi connectivity index (χ4v) is 1.53. The lowest BCUT2D eigenvalue weighted by Crippen LogP contribution is -2.22. The minimum absolute atomic E-state index is 0.173. The molecule has 1 aromatic rings. The van der Waals surface area contributed by atoms with E-state index in [0.717, 1.165) is 0 Å². The summed E-state index contributed by atoms with van der Waals surface area (Å²) >= 11 is 0. The van der Waals surface area contributed by atoms with Crippen molar-refractivity contribution in [3.63, 3.8) is 0 Å². The molecular weight excluding hydrogens is 261 g/mol. The maximum Gasteiger partial charge on any atom is 0.431 e. The minimum atomic E-state index is -3.90. The van der Waals surface area contributed by atoms with Crippen LogP contribution >= 0.6 is 7.94 Å². The van der Waals surface area contributed by atoms with Crippen LogP contribution in [0.5, 0.6) is 0 Å². The molecule has 18 heavy (non-hydrogen) atoms. The van der Waals surface area contributed by atoms with E-state index in [4.69, 9.17) is 30.9 Å². The third-order valence-electron chi connectivity index (χ3n) is 2.00. The summed E-state index contributed by atoms with van der Waals surface area (Å²) < 4.78 is 5.02. The fraction of sp³-hybridized carbons (Fsp3) is 0.500. The molecule has 0 bridgehead atoms. The monoisotopic (exact) mass is 278 g/mol. The molecule has 0 aliphatic heterocycles. The summed E-state index contributed by atoms with van der Waals surface area (Å²) in [5.74, 6) is 0.545. The largest absolute Gasteiger partial charge is 0.431 e. The van der Waals surface area contributed by atoms with Gasteiger partial charge in [0.05, 0.1) is 6.10 Å². The van der Waals surface area contributed by atoms with Gasteiger partial charge in [-0.1, -0.05) is 0 Å². The van der Waals surface area contributed by atoms with Crippen LogP contribution in [0.25, 0.3) is 0 Å². The summed E-state index contributed by atoms with van der Waals surface area (Å²) in [6, 6.07) is 0. The first kappa shape index (κ1) is 14.8. The SMILES string of the molecule is CC(CNc1ncnc(N)c1N)OC[P+](O)(O)O. The first-order valence-electron chi connectivity index (χ1n) is 5.07. The van der Waals surface area contributed by atoms with Crippen LogP contribution in [0.15, 0.2) is 6.33 Å². The first-order chi connectivity index (χ1) is 8.29. The van der Waals surface area contributed by atoms with Crippen molar-refractivity contribution < 1.29 is 19.4 Å². The van der Waals surface area contributed by atoms with E-state index in [0.29, 0.717) is 12.4 Å². The van der Waals surface area contributed by atoms with Gasteiger partial charge in [0.2, 0.25) is 6.35 Å². The van der Waals surface area contributed by atoms with Gasteiger partial charge in [-0.25, -0.2) is 9.97 Å². The molecule has 0 aliphatic rings. The molecule has 1 aromatic heterocycles. The second kappa shape index (κ2) is 6.07. The highest BCUT2D eigenvalue weighted by Crippen LogP contribution is 2.44. The van der Waals surface area contributed by atoms with E-state index in [1.54, 1.807) is 6.92 Å². The van der Waals surface area contributed by atoms with E-state index in [9.17, 15) is 0 Å². The molecule has 0 aliphatic carbocycles. The molecule has 0 saturated carbocycles. The van der Waals surface area contributed by atoms with Crippen molar-refractivity contribution in [2.45, 2.75) is 13.0 Å². The molecule has 0 fully saturated rings. The van der Waals surface area contributed by atoms with Crippen LogP contribution in [0.1, 0.15) is 6.92 Å². The Morgan fingerprint density at radius 1 is 1.39 bits per heavy atom. The molecule has 8 N–H and O–H groups in total. The smallest absolute Gasteiger partial charge is 0.393 e. The number of rotatable bonds is 6. The van der Waals surface area contributed by atoms with Crippen LogP contribution in [-0.2, 0) is 4.74 Å². The van der Waals surface area contributed by atoms with E-state index in [-0.39, 0.29) is 17.6 Å². The molecule has 1 rings (SSSR count). The lowest BCUT2D eigenvalue weighted by molar-refractivity contribution is 0.0910. The normalized spacial score (nSPS) is 13.3. The van der Waals surface area contributed by atoms with Gasteiger partial charge in [0.15, 0.2) is 11.6 Å². The molecule has 0 radical (unpaired) electrons. The molecule has 1 unspecified atom stereocenters. The van der Waals surface area contributed by atoms with Gasteiger partial charge in [-0.15, -0.1) is 0 Å². The van der Waals surface area contributed by atoms with Crippen LogP contribution in [0.4, 0.5) is 17.3 Å². The van der Waals surface area contributed by atoms with Crippen molar-refractivity contribution in [3.8, 4) is 0 Å². The number of nitrogens with one attached hydrogen (secondary N) is 1. The number of hydrogen-bond acceptors (Lipinski definition) is 9. The molecule has 0 spiro atoms. The van der Waals surface area contributed by atoms with Crippen LogP contribution < -0.4 is 16.8 Å². The Morgan fingerprint density at radius 3 is 2.67 bits per heavy atom. The highest BCUT2D eigenvalue weighted by Gasteiger charge is 2.30. The van der Waals surface area contributed by atoms with E-state index >= 15 is 0 Å². The Morgan fingerprint density at radius 2 is 2.06 bits per heavy atom. The quantitative estimate of drug-likeness (QED) is 0.364. The average molecular weight is 278 g/mol. The number of nitrogens with zero attached hydrogens (tertiary/aromatic N) is 2. The van der Waals surface area contributed by atoms with E-state index in [2.05, 4.69) is 15.3 Å². The summed E-state index contributed by atoms with van der Waals surface area (Å²) in [5.41, 5.74) is 11.4. The molecule has 102 valence electrons. The van der Waals surface area contributed by atoms with Gasteiger partial charge in [-0.05, 0) is 6.92 Å². The van der Waals surface area contributed by atoms with Crippen LogP contribution in [0, 0.1) is 0 Å². The van der Waals surface area contributed by atoms with E-state index < -0.39 is 14.3 Å². The van der Waals surface area contributed by atoms with Crippen LogP contribution in [-0.4, -0.2) is 43.6 Å². The minimum Gasteiger partial charge on any atom is -0.393 e. The summed E-state index contributed by atoms with van der Waals surface area (Å²) in [5, 5.41) is 2.88. The number of nitrogen functional groups attached to an aromatic ring is 2. The summed E-state index contributed by atoms with van der Waals surface area (Å²) in [7, 11) is -3.90. The van der Waals surface area contributed by atoms with Crippen molar-refractivity contribution in [3.05, 3.63) is 6.33 Å². The van der Waals surface area contributed by atoms with Crippen LogP contribution in [0.2, 0.25) is 0 Å². The van der Waals surface area contributed by atoms with E-state index in [1.807, 2.05) is 0 Å². The number of anilines is 3. The number of nitrogens with two attached hydrogens (primary N) is 2. The number of ether oxygens (including phenoxy) is 1. The molecule has 1 atom stereocenters. The molecule has 0 amide bonds. The van der Waals surface area contributed by atoms with Crippen molar-refractivity contribution in [2.75, 3.05) is 29.7 Å². The third-order valence-corrected chi connectivity index (χ3v) is 2.50. The zero-order valence-electron chi connectivity index (χ0n) is 9.82. The summed E-state index contributed by atoms with van der Waals surface area (Å²) in [6.45, 7) is 1.99. The van der Waals surface area contributed by atoms with Crippen molar-refractivity contribution in [2.24, 2.45) is 0 Å². The standard InChI is InChI=1S/C8H17N5O4P/c1-5(17-4-18(14,15)16)2-11-8-6(9)7(10)12-3-13-8/h3,5,14-16H,2,4,9H2,1H3,(H3,10,11,12,13)/q+1. The number of aromatic nitrogens is 2. The maximum absolute atomic E-state index is 8.75. The predicted molar refractivity (Wildman–Crippen MR) is 68.3 cm³/mol.